The predicted octanol–water partition coefficient (Wildman–Crippen LogP) is 5.24. The van der Waals surface area contributed by atoms with Crippen molar-refractivity contribution in [3.8, 4) is 0 Å². The lowest BCUT2D eigenvalue weighted by Crippen LogP contribution is -2.02. The molecule has 0 saturated heterocycles. The number of carbonyl (C=O) groups is 3. The van der Waals surface area contributed by atoms with Crippen LogP contribution in [0.4, 0.5) is 0 Å². The highest BCUT2D eigenvalue weighted by molar-refractivity contribution is 6.46. The molecular weight excluding hydrogens is 480 g/mol. The lowest BCUT2D eigenvalue weighted by Gasteiger charge is -2.08. The molecule has 0 fully saturated rings. The molecular formula is C31H24N2O5. The van der Waals surface area contributed by atoms with E-state index in [1.807, 2.05) is 96.8 Å². The van der Waals surface area contributed by atoms with E-state index in [0.717, 1.165) is 32.9 Å². The Bertz CT molecular complexity index is 1800. The maximum atomic E-state index is 13.1. The van der Waals surface area contributed by atoms with Gasteiger partial charge in [0.1, 0.15) is 6.61 Å². The summed E-state index contributed by atoms with van der Waals surface area (Å²) in [7, 11) is 1.91. The molecule has 6 rings (SSSR count). The van der Waals surface area contributed by atoms with Crippen molar-refractivity contribution in [2.24, 2.45) is 7.05 Å². The van der Waals surface area contributed by atoms with Crippen molar-refractivity contribution in [2.75, 3.05) is 0 Å². The third-order valence-electron chi connectivity index (χ3n) is 6.85. The Morgan fingerprint density at radius 2 is 1.39 bits per heavy atom. The summed E-state index contributed by atoms with van der Waals surface area (Å²) in [6.45, 7) is 2.11. The van der Waals surface area contributed by atoms with Crippen LogP contribution < -0.4 is 0 Å². The Labute approximate surface area is 218 Å². The average molecular weight is 505 g/mol. The normalized spacial score (nSPS) is 13.5. The third-order valence-corrected chi connectivity index (χ3v) is 6.85. The van der Waals surface area contributed by atoms with Gasteiger partial charge < -0.3 is 18.6 Å². The molecule has 38 heavy (non-hydrogen) atoms. The number of rotatable bonds is 6. The van der Waals surface area contributed by atoms with Gasteiger partial charge in [-0.15, -0.1) is 0 Å². The second kappa shape index (κ2) is 9.19. The number of aromatic nitrogens is 2. The number of hydrogen-bond donors (Lipinski definition) is 0. The lowest BCUT2D eigenvalue weighted by molar-refractivity contribution is -0.149. The van der Waals surface area contributed by atoms with E-state index in [1.54, 1.807) is 0 Å². The molecule has 0 unspecified atom stereocenters. The molecule has 3 aromatic carbocycles. The number of benzene rings is 3. The molecule has 1 aliphatic rings. The van der Waals surface area contributed by atoms with E-state index in [-0.39, 0.29) is 23.7 Å². The van der Waals surface area contributed by atoms with Gasteiger partial charge in [-0.25, -0.2) is 9.59 Å². The van der Waals surface area contributed by atoms with Crippen LogP contribution in [0.15, 0.2) is 85.2 Å². The van der Waals surface area contributed by atoms with Crippen LogP contribution in [0.5, 0.6) is 0 Å². The quantitative estimate of drug-likeness (QED) is 0.233. The molecule has 0 saturated carbocycles. The first-order chi connectivity index (χ1) is 18.4. The Morgan fingerprint density at radius 3 is 2.11 bits per heavy atom. The monoisotopic (exact) mass is 504 g/mol. The molecule has 0 amide bonds. The molecule has 5 aromatic rings. The molecule has 188 valence electrons. The SMILES string of the molecule is CC(=O)OCc1cccc(Cn2cc(C3=C(c4cn(C)c5ccccc45)C(=O)OC3=O)c3ccccc32)c1. The fourth-order valence-corrected chi connectivity index (χ4v) is 5.20. The van der Waals surface area contributed by atoms with Gasteiger partial charge in [-0.2, -0.15) is 0 Å². The largest absolute Gasteiger partial charge is 0.461 e. The number of nitrogens with zero attached hydrogens (tertiary/aromatic N) is 2. The molecule has 3 heterocycles. The van der Waals surface area contributed by atoms with Crippen molar-refractivity contribution in [3.05, 3.63) is 107 Å². The zero-order chi connectivity index (χ0) is 26.4. The van der Waals surface area contributed by atoms with E-state index in [9.17, 15) is 14.4 Å². The van der Waals surface area contributed by atoms with Gasteiger partial charge in [0.25, 0.3) is 0 Å². The highest BCUT2D eigenvalue weighted by atomic mass is 16.6. The van der Waals surface area contributed by atoms with Crippen LogP contribution in [0.1, 0.15) is 29.2 Å². The van der Waals surface area contributed by atoms with E-state index in [4.69, 9.17) is 9.47 Å². The summed E-state index contributed by atoms with van der Waals surface area (Å²) in [5.74, 6) is -1.62. The number of ether oxygens (including phenoxy) is 2. The summed E-state index contributed by atoms with van der Waals surface area (Å²) in [5.41, 5.74) is 5.64. The van der Waals surface area contributed by atoms with Crippen LogP contribution in [-0.4, -0.2) is 27.0 Å². The topological polar surface area (TPSA) is 79.5 Å². The Morgan fingerprint density at radius 1 is 0.789 bits per heavy atom. The molecule has 1 aliphatic heterocycles. The van der Waals surface area contributed by atoms with Crippen LogP contribution in [0, 0.1) is 0 Å². The zero-order valence-corrected chi connectivity index (χ0v) is 20.9. The van der Waals surface area contributed by atoms with Crippen LogP contribution in [0.2, 0.25) is 0 Å². The van der Waals surface area contributed by atoms with E-state index < -0.39 is 11.9 Å². The average Bonchev–Trinajstić information content (AvgIpc) is 3.53. The Kier molecular flexibility index (Phi) is 5.68. The van der Waals surface area contributed by atoms with Gasteiger partial charge in [0, 0.05) is 65.8 Å². The van der Waals surface area contributed by atoms with E-state index >= 15 is 0 Å². The first-order valence-corrected chi connectivity index (χ1v) is 12.3. The maximum Gasteiger partial charge on any atom is 0.347 e. The summed E-state index contributed by atoms with van der Waals surface area (Å²) >= 11 is 0. The Hall–Kier alpha value is -4.91. The Balaban J connectivity index is 1.49. The minimum absolute atomic E-state index is 0.204. The van der Waals surface area contributed by atoms with Gasteiger partial charge in [0.05, 0.1) is 11.1 Å². The minimum atomic E-state index is -0.649. The molecule has 0 bridgehead atoms. The molecule has 0 aliphatic carbocycles. The first kappa shape index (κ1) is 23.5. The maximum absolute atomic E-state index is 13.1. The fourth-order valence-electron chi connectivity index (χ4n) is 5.20. The first-order valence-electron chi connectivity index (χ1n) is 12.3. The van der Waals surface area contributed by atoms with Crippen LogP contribution >= 0.6 is 0 Å². The predicted molar refractivity (Wildman–Crippen MR) is 144 cm³/mol. The van der Waals surface area contributed by atoms with Crippen LogP contribution in [0.3, 0.4) is 0 Å². The highest BCUT2D eigenvalue weighted by Gasteiger charge is 2.37. The van der Waals surface area contributed by atoms with Gasteiger partial charge in [-0.1, -0.05) is 60.7 Å². The van der Waals surface area contributed by atoms with Crippen molar-refractivity contribution >= 4 is 50.9 Å². The summed E-state index contributed by atoms with van der Waals surface area (Å²) in [6, 6.07) is 23.4. The summed E-state index contributed by atoms with van der Waals surface area (Å²) in [5, 5.41) is 1.73. The van der Waals surface area contributed by atoms with Crippen LogP contribution in [-0.2, 0) is 44.1 Å². The number of aryl methyl sites for hydroxylation is 1. The summed E-state index contributed by atoms with van der Waals surface area (Å²) in [4.78, 5) is 37.4. The molecule has 2 aromatic heterocycles. The second-order valence-corrected chi connectivity index (χ2v) is 9.39. The summed E-state index contributed by atoms with van der Waals surface area (Å²) in [6.07, 6.45) is 3.78. The number of para-hydroxylation sites is 2. The number of carbonyl (C=O) groups excluding carboxylic acids is 3. The molecule has 7 nitrogen and oxygen atoms in total. The molecule has 0 radical (unpaired) electrons. The molecule has 0 spiro atoms. The number of cyclic esters (lactones) is 2. The van der Waals surface area contributed by atoms with Crippen molar-refractivity contribution in [1.29, 1.82) is 0 Å². The lowest BCUT2D eigenvalue weighted by atomic mass is 9.95. The molecule has 0 atom stereocenters. The molecule has 7 heteroatoms. The number of esters is 3. The van der Waals surface area contributed by atoms with Gasteiger partial charge in [-0.05, 0) is 23.3 Å². The highest BCUT2D eigenvalue weighted by Crippen LogP contribution is 2.40. The standard InChI is InChI=1S/C31H24N2O5/c1-19(34)37-18-21-9-7-8-20(14-21)15-33-17-25(23-11-4-6-13-27(23)33)29-28(30(35)38-31(29)36)24-16-32(2)26-12-5-3-10-22(24)26/h3-14,16-17H,15,18H2,1-2H3. The van der Waals surface area contributed by atoms with Gasteiger partial charge in [0.2, 0.25) is 0 Å². The van der Waals surface area contributed by atoms with E-state index in [1.165, 1.54) is 6.92 Å². The van der Waals surface area contributed by atoms with Crippen LogP contribution in [0.25, 0.3) is 33.0 Å². The molecule has 0 N–H and O–H groups in total. The van der Waals surface area contributed by atoms with Crippen molar-refractivity contribution < 1.29 is 23.9 Å². The van der Waals surface area contributed by atoms with E-state index in [2.05, 4.69) is 4.57 Å². The van der Waals surface area contributed by atoms with E-state index in [0.29, 0.717) is 17.7 Å². The zero-order valence-electron chi connectivity index (χ0n) is 20.9. The van der Waals surface area contributed by atoms with Crippen molar-refractivity contribution in [1.82, 2.24) is 9.13 Å². The van der Waals surface area contributed by atoms with Gasteiger partial charge >= 0.3 is 17.9 Å². The van der Waals surface area contributed by atoms with Gasteiger partial charge in [-0.3, -0.25) is 4.79 Å². The number of fused-ring (bicyclic) bond motifs is 2. The van der Waals surface area contributed by atoms with Crippen molar-refractivity contribution in [2.45, 2.75) is 20.1 Å². The number of hydrogen-bond acceptors (Lipinski definition) is 5. The third kappa shape index (κ3) is 3.98. The van der Waals surface area contributed by atoms with Gasteiger partial charge in [0.15, 0.2) is 0 Å². The minimum Gasteiger partial charge on any atom is -0.461 e. The fraction of sp³-hybridized carbons (Fsp3) is 0.129. The summed E-state index contributed by atoms with van der Waals surface area (Å²) < 4.78 is 14.3. The van der Waals surface area contributed by atoms with Crippen molar-refractivity contribution in [3.63, 3.8) is 0 Å². The smallest absolute Gasteiger partial charge is 0.347 e. The second-order valence-electron chi connectivity index (χ2n) is 9.39.